The second-order valence-corrected chi connectivity index (χ2v) is 7.41. The number of aryl methyl sites for hydroxylation is 1. The Morgan fingerprint density at radius 2 is 2.04 bits per heavy atom. The third kappa shape index (κ3) is 4.77. The van der Waals surface area contributed by atoms with Gasteiger partial charge in [0.05, 0.1) is 6.26 Å². The van der Waals surface area contributed by atoms with E-state index in [9.17, 15) is 18.0 Å². The molecule has 1 aromatic rings. The summed E-state index contributed by atoms with van der Waals surface area (Å²) in [5.41, 5.74) is 1.50. The number of nitrogens with zero attached hydrogens (tertiary/aromatic N) is 1. The molecule has 1 aliphatic rings. The summed E-state index contributed by atoms with van der Waals surface area (Å²) in [6.07, 6.45) is 1.48. The Morgan fingerprint density at radius 3 is 2.70 bits per heavy atom. The van der Waals surface area contributed by atoms with Crippen LogP contribution in [0, 0.1) is 6.92 Å². The van der Waals surface area contributed by atoms with Gasteiger partial charge in [0.1, 0.15) is 6.04 Å². The topological polar surface area (TPSA) is 95.6 Å². The minimum absolute atomic E-state index is 0.180. The standard InChI is InChI=1S/C15H21N3O4S/c1-11-5-3-4-6-12(11)14(19)16-8-10-18-9-7-13(15(18)20)17-23(2,21)22/h3-6,13,17H,7-10H2,1-2H3,(H,16,19). The van der Waals surface area contributed by atoms with Gasteiger partial charge in [-0.05, 0) is 25.0 Å². The summed E-state index contributed by atoms with van der Waals surface area (Å²) in [7, 11) is -3.41. The van der Waals surface area contributed by atoms with Gasteiger partial charge < -0.3 is 10.2 Å². The van der Waals surface area contributed by atoms with E-state index < -0.39 is 16.1 Å². The molecule has 8 heteroatoms. The highest BCUT2D eigenvalue weighted by Gasteiger charge is 2.33. The van der Waals surface area contributed by atoms with E-state index in [0.29, 0.717) is 31.6 Å². The molecule has 126 valence electrons. The van der Waals surface area contributed by atoms with Crippen molar-refractivity contribution in [2.45, 2.75) is 19.4 Å². The van der Waals surface area contributed by atoms with Crippen molar-refractivity contribution in [3.8, 4) is 0 Å². The molecule has 23 heavy (non-hydrogen) atoms. The summed E-state index contributed by atoms with van der Waals surface area (Å²) in [4.78, 5) is 25.7. The molecule has 0 aromatic heterocycles. The molecular weight excluding hydrogens is 318 g/mol. The van der Waals surface area contributed by atoms with E-state index in [-0.39, 0.29) is 11.8 Å². The van der Waals surface area contributed by atoms with Crippen molar-refractivity contribution in [1.82, 2.24) is 14.9 Å². The summed E-state index contributed by atoms with van der Waals surface area (Å²) < 4.78 is 24.7. The van der Waals surface area contributed by atoms with Crippen molar-refractivity contribution in [2.75, 3.05) is 25.9 Å². The van der Waals surface area contributed by atoms with Crippen molar-refractivity contribution in [2.24, 2.45) is 0 Å². The highest BCUT2D eigenvalue weighted by atomic mass is 32.2. The van der Waals surface area contributed by atoms with Gasteiger partial charge in [-0.2, -0.15) is 0 Å². The predicted octanol–water partition coefficient (Wildman–Crippen LogP) is -0.125. The third-order valence-electron chi connectivity index (χ3n) is 3.71. The Labute approximate surface area is 136 Å². The molecule has 1 aromatic carbocycles. The second-order valence-electron chi connectivity index (χ2n) is 5.63. The fourth-order valence-corrected chi connectivity index (χ4v) is 3.29. The fraction of sp³-hybridized carbons (Fsp3) is 0.467. The van der Waals surface area contributed by atoms with E-state index >= 15 is 0 Å². The zero-order valence-electron chi connectivity index (χ0n) is 13.2. The van der Waals surface area contributed by atoms with Crippen LogP contribution >= 0.6 is 0 Å². The molecule has 0 aliphatic carbocycles. The molecule has 2 amide bonds. The fourth-order valence-electron chi connectivity index (χ4n) is 2.56. The van der Waals surface area contributed by atoms with Gasteiger partial charge in [0, 0.05) is 25.2 Å². The summed E-state index contributed by atoms with van der Waals surface area (Å²) in [6, 6.07) is 6.58. The molecule has 1 atom stereocenters. The highest BCUT2D eigenvalue weighted by molar-refractivity contribution is 7.88. The van der Waals surface area contributed by atoms with E-state index in [2.05, 4.69) is 10.0 Å². The SMILES string of the molecule is Cc1ccccc1C(=O)NCCN1CCC(NS(C)(=O)=O)C1=O. The average molecular weight is 339 g/mol. The first-order valence-corrected chi connectivity index (χ1v) is 9.27. The van der Waals surface area contributed by atoms with Crippen molar-refractivity contribution < 1.29 is 18.0 Å². The van der Waals surface area contributed by atoms with E-state index in [0.717, 1.165) is 11.8 Å². The summed E-state index contributed by atoms with van der Waals surface area (Å²) in [5, 5.41) is 2.78. The van der Waals surface area contributed by atoms with Crippen molar-refractivity contribution in [3.05, 3.63) is 35.4 Å². The summed E-state index contributed by atoms with van der Waals surface area (Å²) in [5.74, 6) is -0.430. The lowest BCUT2D eigenvalue weighted by molar-refractivity contribution is -0.129. The summed E-state index contributed by atoms with van der Waals surface area (Å²) >= 11 is 0. The van der Waals surface area contributed by atoms with Crippen LogP contribution in [0.15, 0.2) is 24.3 Å². The zero-order chi connectivity index (χ0) is 17.0. The Kier molecular flexibility index (Phi) is 5.38. The smallest absolute Gasteiger partial charge is 0.251 e. The van der Waals surface area contributed by atoms with Crippen LogP contribution in [0.2, 0.25) is 0 Å². The second kappa shape index (κ2) is 7.10. The Morgan fingerprint density at radius 1 is 1.35 bits per heavy atom. The van der Waals surface area contributed by atoms with Crippen LogP contribution in [-0.4, -0.2) is 57.1 Å². The molecule has 7 nitrogen and oxygen atoms in total. The van der Waals surface area contributed by atoms with Crippen molar-refractivity contribution >= 4 is 21.8 Å². The van der Waals surface area contributed by atoms with Crippen LogP contribution in [0.5, 0.6) is 0 Å². The van der Waals surface area contributed by atoms with Crippen LogP contribution < -0.4 is 10.0 Å². The molecule has 1 aliphatic heterocycles. The molecule has 0 spiro atoms. The number of carbonyl (C=O) groups is 2. The highest BCUT2D eigenvalue weighted by Crippen LogP contribution is 2.11. The van der Waals surface area contributed by atoms with E-state index in [1.807, 2.05) is 19.1 Å². The maximum Gasteiger partial charge on any atom is 0.251 e. The minimum atomic E-state index is -3.41. The van der Waals surface area contributed by atoms with Crippen LogP contribution in [0.25, 0.3) is 0 Å². The maximum absolute atomic E-state index is 12.1. The first kappa shape index (κ1) is 17.4. The lowest BCUT2D eigenvalue weighted by Gasteiger charge is -2.17. The number of nitrogens with one attached hydrogen (secondary N) is 2. The zero-order valence-corrected chi connectivity index (χ0v) is 14.0. The molecule has 2 N–H and O–H groups in total. The van der Waals surface area contributed by atoms with Gasteiger partial charge in [-0.15, -0.1) is 0 Å². The lowest BCUT2D eigenvalue weighted by Crippen LogP contribution is -2.43. The van der Waals surface area contributed by atoms with Gasteiger partial charge in [0.25, 0.3) is 5.91 Å². The quantitative estimate of drug-likeness (QED) is 0.755. The minimum Gasteiger partial charge on any atom is -0.350 e. The lowest BCUT2D eigenvalue weighted by atomic mass is 10.1. The number of sulfonamides is 1. The van der Waals surface area contributed by atoms with Crippen LogP contribution in [0.3, 0.4) is 0 Å². The average Bonchev–Trinajstić information content (AvgIpc) is 2.79. The van der Waals surface area contributed by atoms with E-state index in [4.69, 9.17) is 0 Å². The van der Waals surface area contributed by atoms with Crippen molar-refractivity contribution in [1.29, 1.82) is 0 Å². The van der Waals surface area contributed by atoms with Gasteiger partial charge in [-0.3, -0.25) is 9.59 Å². The van der Waals surface area contributed by atoms with Gasteiger partial charge in [0.2, 0.25) is 15.9 Å². The first-order valence-electron chi connectivity index (χ1n) is 7.38. The molecule has 1 unspecified atom stereocenters. The first-order chi connectivity index (χ1) is 10.8. The molecule has 1 fully saturated rings. The molecular formula is C15H21N3O4S. The summed E-state index contributed by atoms with van der Waals surface area (Å²) in [6.45, 7) is 3.02. The number of hydrogen-bond donors (Lipinski definition) is 2. The van der Waals surface area contributed by atoms with Crippen molar-refractivity contribution in [3.63, 3.8) is 0 Å². The molecule has 0 saturated carbocycles. The molecule has 2 rings (SSSR count). The van der Waals surface area contributed by atoms with Crippen LogP contribution in [0.4, 0.5) is 0 Å². The molecule has 0 radical (unpaired) electrons. The normalized spacial score (nSPS) is 18.3. The molecule has 1 heterocycles. The van der Waals surface area contributed by atoms with Crippen LogP contribution in [0.1, 0.15) is 22.3 Å². The number of rotatable bonds is 6. The largest absolute Gasteiger partial charge is 0.350 e. The number of benzene rings is 1. The number of hydrogen-bond acceptors (Lipinski definition) is 4. The third-order valence-corrected chi connectivity index (χ3v) is 4.42. The van der Waals surface area contributed by atoms with Gasteiger partial charge >= 0.3 is 0 Å². The Bertz CT molecular complexity index is 702. The van der Waals surface area contributed by atoms with E-state index in [1.54, 1.807) is 17.0 Å². The Balaban J connectivity index is 1.82. The predicted molar refractivity (Wildman–Crippen MR) is 86.5 cm³/mol. The molecule has 0 bridgehead atoms. The number of likely N-dealkylation sites (tertiary alicyclic amines) is 1. The number of amides is 2. The molecule has 1 saturated heterocycles. The van der Waals surface area contributed by atoms with E-state index in [1.165, 1.54) is 0 Å². The van der Waals surface area contributed by atoms with Gasteiger partial charge in [0.15, 0.2) is 0 Å². The van der Waals surface area contributed by atoms with Gasteiger partial charge in [-0.25, -0.2) is 13.1 Å². The number of carbonyl (C=O) groups excluding carboxylic acids is 2. The van der Waals surface area contributed by atoms with Gasteiger partial charge in [-0.1, -0.05) is 18.2 Å². The monoisotopic (exact) mass is 339 g/mol. The Hall–Kier alpha value is -1.93. The maximum atomic E-state index is 12.1. The van der Waals surface area contributed by atoms with Crippen LogP contribution in [-0.2, 0) is 14.8 Å².